The standard InChI is InChI=1S/C19H22N6O3/c1-27-15-7-5-6-14(18(15)28-2)22-19(26)21-11-10-20-16-8-9-17(24-23-16)25-12-3-4-13-25/h3-9,12-13H,10-11H2,1-2H3,(H,20,23)(H2,21,22,26). The monoisotopic (exact) mass is 382 g/mol. The molecule has 2 heterocycles. The number of rotatable bonds is 8. The van der Waals surface area contributed by atoms with E-state index in [0.717, 1.165) is 5.82 Å². The molecule has 0 aliphatic rings. The molecule has 0 spiro atoms. The summed E-state index contributed by atoms with van der Waals surface area (Å²) in [5.41, 5.74) is 0.527. The van der Waals surface area contributed by atoms with E-state index in [1.165, 1.54) is 7.11 Å². The Bertz CT molecular complexity index is 897. The van der Waals surface area contributed by atoms with Crippen LogP contribution in [0.25, 0.3) is 5.82 Å². The van der Waals surface area contributed by atoms with Gasteiger partial charge in [0.15, 0.2) is 17.3 Å². The van der Waals surface area contributed by atoms with Crippen molar-refractivity contribution in [1.29, 1.82) is 0 Å². The highest BCUT2D eigenvalue weighted by Crippen LogP contribution is 2.34. The molecule has 28 heavy (non-hydrogen) atoms. The van der Waals surface area contributed by atoms with Crippen molar-refractivity contribution in [3.05, 3.63) is 54.9 Å². The summed E-state index contributed by atoms with van der Waals surface area (Å²) < 4.78 is 12.4. The number of carbonyl (C=O) groups is 1. The van der Waals surface area contributed by atoms with Crippen LogP contribution in [-0.4, -0.2) is 48.1 Å². The van der Waals surface area contributed by atoms with E-state index in [2.05, 4.69) is 26.1 Å². The molecule has 1 aromatic carbocycles. The highest BCUT2D eigenvalue weighted by atomic mass is 16.5. The summed E-state index contributed by atoms with van der Waals surface area (Å²) in [6.07, 6.45) is 3.80. The Labute approximate surface area is 162 Å². The minimum atomic E-state index is -0.345. The van der Waals surface area contributed by atoms with Gasteiger partial charge in [-0.1, -0.05) is 6.07 Å². The Morgan fingerprint density at radius 1 is 1.00 bits per heavy atom. The molecule has 0 aliphatic carbocycles. The van der Waals surface area contributed by atoms with Gasteiger partial charge >= 0.3 is 6.03 Å². The van der Waals surface area contributed by atoms with Gasteiger partial charge in [0.2, 0.25) is 0 Å². The Hall–Kier alpha value is -3.75. The number of nitrogens with one attached hydrogen (secondary N) is 3. The van der Waals surface area contributed by atoms with E-state index in [9.17, 15) is 4.79 Å². The SMILES string of the molecule is COc1cccc(NC(=O)NCCNc2ccc(-n3cccc3)nn2)c1OC. The van der Waals surface area contributed by atoms with Crippen molar-refractivity contribution in [2.24, 2.45) is 0 Å². The molecule has 2 aromatic heterocycles. The van der Waals surface area contributed by atoms with Crippen molar-refractivity contribution in [1.82, 2.24) is 20.1 Å². The summed E-state index contributed by atoms with van der Waals surface area (Å²) in [5, 5.41) is 16.9. The maximum Gasteiger partial charge on any atom is 0.319 e. The zero-order valence-corrected chi connectivity index (χ0v) is 15.7. The largest absolute Gasteiger partial charge is 0.493 e. The van der Waals surface area contributed by atoms with Crippen LogP contribution < -0.4 is 25.4 Å². The first kappa shape index (κ1) is 19.0. The first-order valence-electron chi connectivity index (χ1n) is 8.68. The predicted octanol–water partition coefficient (Wildman–Crippen LogP) is 2.52. The normalized spacial score (nSPS) is 10.2. The summed E-state index contributed by atoms with van der Waals surface area (Å²) in [6.45, 7) is 0.902. The van der Waals surface area contributed by atoms with Crippen molar-refractivity contribution in [2.75, 3.05) is 37.9 Å². The average molecular weight is 382 g/mol. The highest BCUT2D eigenvalue weighted by molar-refractivity contribution is 5.91. The fourth-order valence-electron chi connectivity index (χ4n) is 2.56. The van der Waals surface area contributed by atoms with E-state index in [-0.39, 0.29) is 6.03 Å². The van der Waals surface area contributed by atoms with Crippen LogP contribution in [0.2, 0.25) is 0 Å². The lowest BCUT2D eigenvalue weighted by Gasteiger charge is -2.14. The van der Waals surface area contributed by atoms with Crippen LogP contribution in [0.5, 0.6) is 11.5 Å². The summed E-state index contributed by atoms with van der Waals surface area (Å²) in [5.74, 6) is 2.38. The molecule has 9 nitrogen and oxygen atoms in total. The van der Waals surface area contributed by atoms with Crippen LogP contribution in [0.15, 0.2) is 54.9 Å². The number of carbonyl (C=O) groups excluding carboxylic acids is 1. The van der Waals surface area contributed by atoms with Crippen molar-refractivity contribution in [2.45, 2.75) is 0 Å². The molecule has 0 saturated heterocycles. The van der Waals surface area contributed by atoms with Gasteiger partial charge < -0.3 is 30.0 Å². The third-order valence-electron chi connectivity index (χ3n) is 3.89. The molecule has 0 saturated carbocycles. The first-order valence-corrected chi connectivity index (χ1v) is 8.68. The third-order valence-corrected chi connectivity index (χ3v) is 3.89. The Morgan fingerprint density at radius 3 is 2.50 bits per heavy atom. The maximum atomic E-state index is 12.1. The molecule has 0 fully saturated rings. The lowest BCUT2D eigenvalue weighted by molar-refractivity contribution is 0.252. The van der Waals surface area contributed by atoms with Gasteiger partial charge in [-0.15, -0.1) is 10.2 Å². The number of hydrogen-bond acceptors (Lipinski definition) is 6. The molecule has 3 rings (SSSR count). The van der Waals surface area contributed by atoms with Crippen LogP contribution in [-0.2, 0) is 0 Å². The highest BCUT2D eigenvalue weighted by Gasteiger charge is 2.11. The number of benzene rings is 1. The number of anilines is 2. The van der Waals surface area contributed by atoms with E-state index in [1.54, 1.807) is 25.3 Å². The molecular weight excluding hydrogens is 360 g/mol. The van der Waals surface area contributed by atoms with Crippen molar-refractivity contribution in [3.63, 3.8) is 0 Å². The van der Waals surface area contributed by atoms with Crippen LogP contribution in [0.3, 0.4) is 0 Å². The molecule has 0 bridgehead atoms. The van der Waals surface area contributed by atoms with E-state index in [1.807, 2.05) is 41.2 Å². The molecule has 2 amide bonds. The van der Waals surface area contributed by atoms with Crippen molar-refractivity contribution < 1.29 is 14.3 Å². The Morgan fingerprint density at radius 2 is 1.82 bits per heavy atom. The van der Waals surface area contributed by atoms with E-state index < -0.39 is 0 Å². The Balaban J connectivity index is 1.45. The summed E-state index contributed by atoms with van der Waals surface area (Å²) in [7, 11) is 3.06. The van der Waals surface area contributed by atoms with Crippen LogP contribution >= 0.6 is 0 Å². The summed E-state index contributed by atoms with van der Waals surface area (Å²) in [4.78, 5) is 12.1. The van der Waals surface area contributed by atoms with Crippen LogP contribution in [0, 0.1) is 0 Å². The van der Waals surface area contributed by atoms with Crippen molar-refractivity contribution >= 4 is 17.5 Å². The topological polar surface area (TPSA) is 102 Å². The number of ether oxygens (including phenoxy) is 2. The Kier molecular flexibility index (Phi) is 6.29. The lowest BCUT2D eigenvalue weighted by Crippen LogP contribution is -2.32. The fourth-order valence-corrected chi connectivity index (χ4v) is 2.56. The molecule has 3 N–H and O–H groups in total. The van der Waals surface area contributed by atoms with E-state index >= 15 is 0 Å². The molecule has 0 radical (unpaired) electrons. The second-order valence-corrected chi connectivity index (χ2v) is 5.72. The molecule has 146 valence electrons. The zero-order chi connectivity index (χ0) is 19.8. The van der Waals surface area contributed by atoms with E-state index in [4.69, 9.17) is 9.47 Å². The quantitative estimate of drug-likeness (QED) is 0.518. The predicted molar refractivity (Wildman–Crippen MR) is 106 cm³/mol. The van der Waals surface area contributed by atoms with Gasteiger partial charge in [-0.2, -0.15) is 0 Å². The molecule has 0 atom stereocenters. The van der Waals surface area contributed by atoms with Gasteiger partial charge in [0.05, 0.1) is 19.9 Å². The third kappa shape index (κ3) is 4.70. The van der Waals surface area contributed by atoms with Crippen LogP contribution in [0.4, 0.5) is 16.3 Å². The summed E-state index contributed by atoms with van der Waals surface area (Å²) >= 11 is 0. The number of urea groups is 1. The molecular formula is C19H22N6O3. The van der Waals surface area contributed by atoms with E-state index in [0.29, 0.717) is 36.1 Å². The van der Waals surface area contributed by atoms with Crippen molar-refractivity contribution in [3.8, 4) is 17.3 Å². The van der Waals surface area contributed by atoms with Gasteiger partial charge in [-0.3, -0.25) is 0 Å². The van der Waals surface area contributed by atoms with Gasteiger partial charge in [0.1, 0.15) is 5.82 Å². The number of aromatic nitrogens is 3. The molecule has 0 aliphatic heterocycles. The molecule has 0 unspecified atom stereocenters. The molecule has 3 aromatic rings. The first-order chi connectivity index (χ1) is 13.7. The van der Waals surface area contributed by atoms with Gasteiger partial charge in [0.25, 0.3) is 0 Å². The van der Waals surface area contributed by atoms with Crippen LogP contribution in [0.1, 0.15) is 0 Å². The van der Waals surface area contributed by atoms with Gasteiger partial charge in [-0.25, -0.2) is 4.79 Å². The lowest BCUT2D eigenvalue weighted by atomic mass is 10.2. The van der Waals surface area contributed by atoms with Gasteiger partial charge in [0, 0.05) is 25.5 Å². The number of para-hydroxylation sites is 1. The zero-order valence-electron chi connectivity index (χ0n) is 15.7. The smallest absolute Gasteiger partial charge is 0.319 e. The molecule has 9 heteroatoms. The minimum Gasteiger partial charge on any atom is -0.493 e. The second kappa shape index (κ2) is 9.26. The van der Waals surface area contributed by atoms with Gasteiger partial charge in [-0.05, 0) is 36.4 Å². The maximum absolute atomic E-state index is 12.1. The fraction of sp³-hybridized carbons (Fsp3) is 0.211. The minimum absolute atomic E-state index is 0.345. The summed E-state index contributed by atoms with van der Waals surface area (Å²) in [6, 6.07) is 12.5. The average Bonchev–Trinajstić information content (AvgIpc) is 3.26. The second-order valence-electron chi connectivity index (χ2n) is 5.72. The number of methoxy groups -OCH3 is 2. The number of nitrogens with zero attached hydrogens (tertiary/aromatic N) is 3. The number of amides is 2. The number of hydrogen-bond donors (Lipinski definition) is 3.